The summed E-state index contributed by atoms with van der Waals surface area (Å²) in [7, 11) is 0. The van der Waals surface area contributed by atoms with Crippen molar-refractivity contribution in [2.24, 2.45) is 0 Å². The molecule has 96 valence electrons. The summed E-state index contributed by atoms with van der Waals surface area (Å²) in [6.07, 6.45) is -0.227. The van der Waals surface area contributed by atoms with Gasteiger partial charge in [0.05, 0.1) is 18.6 Å². The lowest BCUT2D eigenvalue weighted by Crippen LogP contribution is -1.94. The number of hydrogen-bond acceptors (Lipinski definition) is 3. The topological polar surface area (TPSA) is 53.2 Å². The number of aliphatic hydroxyl groups is 1. The van der Waals surface area contributed by atoms with Gasteiger partial charge in [0.2, 0.25) is 0 Å². The Morgan fingerprint density at radius 1 is 1.21 bits per heavy atom. The van der Waals surface area contributed by atoms with Crippen molar-refractivity contribution >= 4 is 0 Å². The van der Waals surface area contributed by atoms with E-state index < -0.39 is 6.10 Å². The van der Waals surface area contributed by atoms with Crippen molar-refractivity contribution in [2.45, 2.75) is 19.4 Å². The third-order valence-corrected chi connectivity index (χ3v) is 2.65. The molecule has 0 saturated carbocycles. The third-order valence-electron chi connectivity index (χ3n) is 2.65. The summed E-state index contributed by atoms with van der Waals surface area (Å²) in [5.74, 6) is 1.89. The second kappa shape index (κ2) is 6.03. The van der Waals surface area contributed by atoms with E-state index in [1.54, 1.807) is 6.92 Å². The highest BCUT2D eigenvalue weighted by Gasteiger charge is 2.07. The van der Waals surface area contributed by atoms with Crippen LogP contribution in [0.4, 0.5) is 0 Å². The average Bonchev–Trinajstić information content (AvgIpc) is 2.37. The molecule has 1 unspecified atom stereocenters. The Morgan fingerprint density at radius 3 is 2.32 bits per heavy atom. The fourth-order valence-electron chi connectivity index (χ4n) is 1.59. The van der Waals surface area contributed by atoms with Crippen molar-refractivity contribution in [1.29, 1.82) is 5.26 Å². The van der Waals surface area contributed by atoms with Crippen LogP contribution in [0, 0.1) is 21.8 Å². The van der Waals surface area contributed by atoms with Crippen molar-refractivity contribution < 1.29 is 9.84 Å². The first-order chi connectivity index (χ1) is 9.20. The minimum atomic E-state index is -0.463. The Labute approximate surface area is 112 Å². The molecule has 0 bridgehead atoms. The molecule has 3 rings (SSSR count). The van der Waals surface area contributed by atoms with E-state index in [0.29, 0.717) is 0 Å². The minimum absolute atomic E-state index is 0.236. The first-order valence-corrected chi connectivity index (χ1v) is 6.13. The Morgan fingerprint density at radius 2 is 1.95 bits per heavy atom. The van der Waals surface area contributed by atoms with E-state index in [4.69, 9.17) is 15.1 Å². The van der Waals surface area contributed by atoms with Crippen molar-refractivity contribution in [2.75, 3.05) is 0 Å². The number of nitrogens with zero attached hydrogens (tertiary/aromatic N) is 1. The molecular formula is C16H15NO2. The predicted molar refractivity (Wildman–Crippen MR) is 72.5 cm³/mol. The molecule has 0 amide bonds. The molecule has 2 aliphatic rings. The van der Waals surface area contributed by atoms with Gasteiger partial charge in [-0.1, -0.05) is 30.3 Å². The fraction of sp³-hybridized carbons (Fsp3) is 0.188. The lowest BCUT2D eigenvalue weighted by atomic mass is 10.1. The van der Waals surface area contributed by atoms with Crippen molar-refractivity contribution in [3.05, 3.63) is 59.0 Å². The van der Waals surface area contributed by atoms with Crippen LogP contribution in [0.2, 0.25) is 0 Å². The summed E-state index contributed by atoms with van der Waals surface area (Å²) < 4.78 is 5.64. The molecule has 0 aromatic heterocycles. The summed E-state index contributed by atoms with van der Waals surface area (Å²) in [6, 6.07) is 17.9. The highest BCUT2D eigenvalue weighted by molar-refractivity contribution is 5.41. The van der Waals surface area contributed by atoms with Crippen LogP contribution in [0.25, 0.3) is 0 Å². The zero-order valence-electron chi connectivity index (χ0n) is 10.7. The first-order valence-electron chi connectivity index (χ1n) is 6.13. The third kappa shape index (κ3) is 3.34. The van der Waals surface area contributed by atoms with E-state index >= 15 is 0 Å². The average molecular weight is 253 g/mol. The van der Waals surface area contributed by atoms with Gasteiger partial charge < -0.3 is 9.84 Å². The quantitative estimate of drug-likeness (QED) is 0.778. The molecule has 0 heterocycles. The number of ether oxygens (including phenoxy) is 1. The van der Waals surface area contributed by atoms with Gasteiger partial charge in [-0.3, -0.25) is 0 Å². The van der Waals surface area contributed by atoms with Crippen LogP contribution < -0.4 is 4.74 Å². The van der Waals surface area contributed by atoms with Crippen LogP contribution in [0.15, 0.2) is 48.5 Å². The van der Waals surface area contributed by atoms with E-state index in [1.807, 2.05) is 36.4 Å². The normalized spacial score (nSPS) is 11.6. The van der Waals surface area contributed by atoms with E-state index in [2.05, 4.69) is 18.2 Å². The molecule has 1 N–H and O–H groups in total. The molecule has 0 saturated heterocycles. The highest BCUT2D eigenvalue weighted by atomic mass is 16.5. The molecule has 1 atom stereocenters. The summed E-state index contributed by atoms with van der Waals surface area (Å²) in [5, 5.41) is 18.7. The summed E-state index contributed by atoms with van der Waals surface area (Å²) in [4.78, 5) is 0. The number of nitriles is 1. The van der Waals surface area contributed by atoms with Gasteiger partial charge in [0.25, 0.3) is 0 Å². The second-order valence-corrected chi connectivity index (χ2v) is 4.34. The number of hydrogen-bond donors (Lipinski definition) is 1. The molecule has 3 nitrogen and oxygen atoms in total. The van der Waals surface area contributed by atoms with Gasteiger partial charge in [0, 0.05) is 5.22 Å². The monoisotopic (exact) mass is 253 g/mol. The smallest absolute Gasteiger partial charge is 0.135 e. The number of aliphatic hydroxyl groups excluding tert-OH is 1. The predicted octanol–water partition coefficient (Wildman–Crippen LogP) is 3.36. The van der Waals surface area contributed by atoms with Gasteiger partial charge in [-0.2, -0.15) is 5.26 Å². The zero-order valence-corrected chi connectivity index (χ0v) is 10.7. The zero-order chi connectivity index (χ0) is 13.7. The van der Waals surface area contributed by atoms with Gasteiger partial charge in [0.1, 0.15) is 11.5 Å². The molecule has 1 aromatic rings. The van der Waals surface area contributed by atoms with Gasteiger partial charge in [0.15, 0.2) is 0 Å². The molecule has 2 aliphatic carbocycles. The van der Waals surface area contributed by atoms with Gasteiger partial charge in [-0.15, -0.1) is 0 Å². The lowest BCUT2D eigenvalue weighted by molar-refractivity contribution is 0.200. The summed E-state index contributed by atoms with van der Waals surface area (Å²) in [6.45, 7) is 1.59. The maximum absolute atomic E-state index is 8.33. The highest BCUT2D eigenvalue weighted by Crippen LogP contribution is 2.28. The Hall–Kier alpha value is -2.31. The van der Waals surface area contributed by atoms with Crippen LogP contribution in [-0.4, -0.2) is 11.2 Å². The van der Waals surface area contributed by atoms with Crippen LogP contribution in [-0.2, 0) is 0 Å². The minimum Gasteiger partial charge on any atom is -0.457 e. The molecule has 1 aromatic carbocycles. The van der Waals surface area contributed by atoms with Gasteiger partial charge >= 0.3 is 0 Å². The largest absolute Gasteiger partial charge is 0.457 e. The molecular weight excluding hydrogens is 238 g/mol. The van der Waals surface area contributed by atoms with E-state index in [9.17, 15) is 0 Å². The fourth-order valence-corrected chi connectivity index (χ4v) is 1.59. The molecule has 0 aliphatic heterocycles. The number of benzene rings is 2. The van der Waals surface area contributed by atoms with Crippen LogP contribution in [0.3, 0.4) is 0 Å². The summed E-state index contributed by atoms with van der Waals surface area (Å²) >= 11 is 0. The van der Waals surface area contributed by atoms with Gasteiger partial charge in [-0.25, -0.2) is 0 Å². The van der Waals surface area contributed by atoms with Crippen LogP contribution in [0.5, 0.6) is 11.5 Å². The van der Waals surface area contributed by atoms with Crippen molar-refractivity contribution in [3.8, 4) is 17.6 Å². The maximum Gasteiger partial charge on any atom is 0.135 e. The maximum atomic E-state index is 8.33. The number of para-hydroxylation sites is 1. The molecule has 3 heteroatoms. The standard InChI is InChI=1S/C12H8O.C4H7NO/c1-2-4-10(5-3-1)13-12-8-9-6-7-11(9)12;1-4(6)2-3-5/h1-8H;4,6H,2H2,1H3. The van der Waals surface area contributed by atoms with E-state index in [-0.39, 0.29) is 6.42 Å². The van der Waals surface area contributed by atoms with Gasteiger partial charge in [-0.05, 0) is 30.3 Å². The van der Waals surface area contributed by atoms with Crippen LogP contribution >= 0.6 is 0 Å². The van der Waals surface area contributed by atoms with Crippen molar-refractivity contribution in [1.82, 2.24) is 0 Å². The van der Waals surface area contributed by atoms with E-state index in [1.165, 1.54) is 10.4 Å². The van der Waals surface area contributed by atoms with E-state index in [0.717, 1.165) is 11.5 Å². The molecule has 19 heavy (non-hydrogen) atoms. The molecule has 0 spiro atoms. The Balaban J connectivity index is 0.000000192. The van der Waals surface area contributed by atoms with Crippen molar-refractivity contribution in [3.63, 3.8) is 0 Å². The SMILES string of the molecule is CC(O)CC#N.c1ccc(Oc2cc3ccc2=3)cc1. The second-order valence-electron chi connectivity index (χ2n) is 4.34. The Kier molecular flexibility index (Phi) is 4.17. The first kappa shape index (κ1) is 13.1. The molecule has 0 fully saturated rings. The van der Waals surface area contributed by atoms with Crippen LogP contribution in [0.1, 0.15) is 13.3 Å². The number of rotatable bonds is 3. The molecule has 0 radical (unpaired) electrons. The summed E-state index contributed by atoms with van der Waals surface area (Å²) in [5.41, 5.74) is 0. The lowest BCUT2D eigenvalue weighted by Gasteiger charge is -2.12. The Bertz CT molecular complexity index is 672.